The van der Waals surface area contributed by atoms with E-state index in [9.17, 15) is 15.0 Å². The van der Waals surface area contributed by atoms with Crippen molar-refractivity contribution in [1.82, 2.24) is 0 Å². The number of nitrogens with one attached hydrogen (secondary N) is 1. The number of benzene rings is 1. The fourth-order valence-electron chi connectivity index (χ4n) is 2.20. The smallest absolute Gasteiger partial charge is 0.227 e. The van der Waals surface area contributed by atoms with Gasteiger partial charge >= 0.3 is 0 Å². The Morgan fingerprint density at radius 3 is 2.37 bits per heavy atom. The van der Waals surface area contributed by atoms with Crippen LogP contribution < -0.4 is 5.32 Å². The maximum atomic E-state index is 11.9. The molecule has 104 valence electrons. The predicted octanol–water partition coefficient (Wildman–Crippen LogP) is 3.13. The molecule has 0 aromatic heterocycles. The Labute approximate surface area is 113 Å². The van der Waals surface area contributed by atoms with Gasteiger partial charge in [0.25, 0.3) is 0 Å². The van der Waals surface area contributed by atoms with Crippen LogP contribution in [0.1, 0.15) is 45.6 Å². The molecule has 19 heavy (non-hydrogen) atoms. The second kappa shape index (κ2) is 4.76. The fourth-order valence-corrected chi connectivity index (χ4v) is 2.20. The molecule has 1 fully saturated rings. The van der Waals surface area contributed by atoms with Crippen LogP contribution in [0.4, 0.5) is 5.69 Å². The number of carbonyl (C=O) groups excluding carboxylic acids is 1. The van der Waals surface area contributed by atoms with Crippen molar-refractivity contribution < 1.29 is 15.0 Å². The number of anilines is 1. The topological polar surface area (TPSA) is 69.6 Å². The van der Waals surface area contributed by atoms with Crippen LogP contribution in [0.15, 0.2) is 12.1 Å². The molecule has 1 aromatic rings. The lowest BCUT2D eigenvalue weighted by atomic mass is 9.84. The van der Waals surface area contributed by atoms with Crippen LogP contribution in [0, 0.1) is 5.92 Å². The molecular formula is C15H21NO3. The molecule has 1 aliphatic carbocycles. The molecule has 4 nitrogen and oxygen atoms in total. The molecule has 4 heteroatoms. The van der Waals surface area contributed by atoms with Crippen LogP contribution in [-0.2, 0) is 10.2 Å². The Kier molecular flexibility index (Phi) is 3.43. The Bertz CT molecular complexity index is 499. The lowest BCUT2D eigenvalue weighted by Crippen LogP contribution is -2.28. The Morgan fingerprint density at radius 2 is 1.89 bits per heavy atom. The van der Waals surface area contributed by atoms with Gasteiger partial charge in [0, 0.05) is 11.5 Å². The number of aromatic hydroxyl groups is 2. The molecule has 0 saturated heterocycles. The van der Waals surface area contributed by atoms with Crippen LogP contribution in [0.5, 0.6) is 11.5 Å². The van der Waals surface area contributed by atoms with Crippen LogP contribution in [0.3, 0.4) is 0 Å². The number of hydrogen-bond donors (Lipinski definition) is 3. The SMILES string of the molecule is CC(C)(C)c1ccc(O)c(NC(=O)C2CCC2)c1O. The first kappa shape index (κ1) is 13.7. The highest BCUT2D eigenvalue weighted by Crippen LogP contribution is 2.42. The number of phenols is 2. The third kappa shape index (κ3) is 2.67. The summed E-state index contributed by atoms with van der Waals surface area (Å²) in [6, 6.07) is 3.19. The van der Waals surface area contributed by atoms with E-state index in [2.05, 4.69) is 5.32 Å². The van der Waals surface area contributed by atoms with Gasteiger partial charge in [-0.1, -0.05) is 33.3 Å². The number of hydrogen-bond acceptors (Lipinski definition) is 3. The van der Waals surface area contributed by atoms with Crippen LogP contribution in [0.25, 0.3) is 0 Å². The molecule has 1 aliphatic rings. The molecule has 0 radical (unpaired) electrons. The molecule has 0 spiro atoms. The lowest BCUT2D eigenvalue weighted by molar-refractivity contribution is -0.122. The van der Waals surface area contributed by atoms with Crippen molar-refractivity contribution in [2.24, 2.45) is 5.92 Å². The fraction of sp³-hybridized carbons (Fsp3) is 0.533. The third-order valence-corrected chi connectivity index (χ3v) is 3.69. The molecule has 0 bridgehead atoms. The van der Waals surface area contributed by atoms with Gasteiger partial charge in [0.05, 0.1) is 0 Å². The monoisotopic (exact) mass is 263 g/mol. The van der Waals surface area contributed by atoms with E-state index in [1.165, 1.54) is 6.07 Å². The zero-order valence-corrected chi connectivity index (χ0v) is 11.7. The van der Waals surface area contributed by atoms with E-state index in [0.29, 0.717) is 5.56 Å². The zero-order chi connectivity index (χ0) is 14.2. The summed E-state index contributed by atoms with van der Waals surface area (Å²) in [4.78, 5) is 11.9. The van der Waals surface area contributed by atoms with Gasteiger partial charge < -0.3 is 15.5 Å². The second-order valence-electron chi connectivity index (χ2n) is 6.22. The Balaban J connectivity index is 2.31. The first-order valence-electron chi connectivity index (χ1n) is 6.67. The van der Waals surface area contributed by atoms with E-state index in [0.717, 1.165) is 19.3 Å². The molecule has 0 unspecified atom stereocenters. The van der Waals surface area contributed by atoms with Crippen molar-refractivity contribution >= 4 is 11.6 Å². The normalized spacial score (nSPS) is 15.9. The zero-order valence-electron chi connectivity index (χ0n) is 11.7. The van der Waals surface area contributed by atoms with Gasteiger partial charge in [0.2, 0.25) is 5.91 Å². The summed E-state index contributed by atoms with van der Waals surface area (Å²) in [6.45, 7) is 5.91. The van der Waals surface area contributed by atoms with Gasteiger partial charge in [0.1, 0.15) is 17.2 Å². The van der Waals surface area contributed by atoms with Crippen molar-refractivity contribution in [3.05, 3.63) is 17.7 Å². The number of amides is 1. The van der Waals surface area contributed by atoms with Gasteiger partial charge in [-0.2, -0.15) is 0 Å². The molecule has 3 N–H and O–H groups in total. The van der Waals surface area contributed by atoms with Crippen molar-refractivity contribution in [3.8, 4) is 11.5 Å². The first-order valence-corrected chi connectivity index (χ1v) is 6.67. The van der Waals surface area contributed by atoms with E-state index in [1.54, 1.807) is 6.07 Å². The highest BCUT2D eigenvalue weighted by atomic mass is 16.3. The van der Waals surface area contributed by atoms with E-state index >= 15 is 0 Å². The first-order chi connectivity index (χ1) is 8.80. The van der Waals surface area contributed by atoms with E-state index in [-0.39, 0.29) is 34.4 Å². The van der Waals surface area contributed by atoms with E-state index in [4.69, 9.17) is 0 Å². The summed E-state index contributed by atoms with van der Waals surface area (Å²) < 4.78 is 0. The van der Waals surface area contributed by atoms with Gasteiger partial charge in [-0.25, -0.2) is 0 Å². The van der Waals surface area contributed by atoms with Gasteiger partial charge in [-0.3, -0.25) is 4.79 Å². The van der Waals surface area contributed by atoms with Crippen molar-refractivity contribution in [2.75, 3.05) is 5.32 Å². The van der Waals surface area contributed by atoms with E-state index in [1.807, 2.05) is 20.8 Å². The third-order valence-electron chi connectivity index (χ3n) is 3.69. The Hall–Kier alpha value is -1.71. The van der Waals surface area contributed by atoms with Gasteiger partial charge in [0.15, 0.2) is 0 Å². The molecule has 1 saturated carbocycles. The summed E-state index contributed by atoms with van der Waals surface area (Å²) in [6.07, 6.45) is 2.83. The summed E-state index contributed by atoms with van der Waals surface area (Å²) >= 11 is 0. The van der Waals surface area contributed by atoms with Crippen LogP contribution >= 0.6 is 0 Å². The lowest BCUT2D eigenvalue weighted by Gasteiger charge is -2.26. The van der Waals surface area contributed by atoms with Crippen LogP contribution in [0.2, 0.25) is 0 Å². The van der Waals surface area contributed by atoms with Gasteiger partial charge in [-0.05, 0) is 24.3 Å². The van der Waals surface area contributed by atoms with Crippen LogP contribution in [-0.4, -0.2) is 16.1 Å². The highest BCUT2D eigenvalue weighted by molar-refractivity contribution is 5.96. The summed E-state index contributed by atoms with van der Waals surface area (Å²) in [5.74, 6) is -0.252. The molecule has 0 aliphatic heterocycles. The van der Waals surface area contributed by atoms with Crippen molar-refractivity contribution in [3.63, 3.8) is 0 Å². The molecular weight excluding hydrogens is 242 g/mol. The molecule has 1 amide bonds. The average Bonchev–Trinajstić information content (AvgIpc) is 2.19. The average molecular weight is 263 g/mol. The maximum absolute atomic E-state index is 11.9. The minimum absolute atomic E-state index is 0.0112. The van der Waals surface area contributed by atoms with Crippen molar-refractivity contribution in [2.45, 2.75) is 45.4 Å². The molecule has 2 rings (SSSR count). The quantitative estimate of drug-likeness (QED) is 0.718. The minimum atomic E-state index is -0.256. The number of carbonyl (C=O) groups is 1. The highest BCUT2D eigenvalue weighted by Gasteiger charge is 2.28. The standard InChI is InChI=1S/C15H21NO3/c1-15(2,3)10-7-8-11(17)12(13(10)18)16-14(19)9-5-4-6-9/h7-9,17-18H,4-6H2,1-3H3,(H,16,19). The molecule has 0 atom stereocenters. The number of rotatable bonds is 2. The van der Waals surface area contributed by atoms with E-state index < -0.39 is 0 Å². The molecule has 1 aromatic carbocycles. The summed E-state index contributed by atoms with van der Waals surface area (Å²) in [5, 5.41) is 22.7. The Morgan fingerprint density at radius 1 is 1.26 bits per heavy atom. The minimum Gasteiger partial charge on any atom is -0.506 e. The molecule has 0 heterocycles. The largest absolute Gasteiger partial charge is 0.506 e. The summed E-state index contributed by atoms with van der Waals surface area (Å²) in [7, 11) is 0. The predicted molar refractivity (Wildman–Crippen MR) is 74.4 cm³/mol. The van der Waals surface area contributed by atoms with Gasteiger partial charge in [-0.15, -0.1) is 0 Å². The second-order valence-corrected chi connectivity index (χ2v) is 6.22. The number of phenolic OH excluding ortho intramolecular Hbond substituents is 2. The maximum Gasteiger partial charge on any atom is 0.227 e. The summed E-state index contributed by atoms with van der Waals surface area (Å²) in [5.41, 5.74) is 0.576. The van der Waals surface area contributed by atoms with Crippen molar-refractivity contribution in [1.29, 1.82) is 0 Å².